The molecule has 0 unspecified atom stereocenters. The van der Waals surface area contributed by atoms with E-state index in [-0.39, 0.29) is 10.4 Å². The van der Waals surface area contributed by atoms with Crippen LogP contribution >= 0.6 is 0 Å². The van der Waals surface area contributed by atoms with Crippen molar-refractivity contribution in [2.75, 3.05) is 13.2 Å². The van der Waals surface area contributed by atoms with Crippen LogP contribution in [0.2, 0.25) is 0 Å². The molecule has 9 heteroatoms. The standard InChI is InChI=1S/C39H40N4O4S/c1-26-8-16-33(17-9-26)48(45,46)43-21-20-34-35(25-41(4)39(44)38(34)43)37-19-13-31-24-30(12-18-36(31)40-37)29-10-14-32(15-11-29)47-23-22-42-27(2)6-5-7-28(42)3/h8-21,24-25,27-28H,5-7,22-23H2,1-4H3/t27-,28+. The lowest BCUT2D eigenvalue weighted by molar-refractivity contribution is 0.0851. The molecule has 0 aliphatic carbocycles. The molecule has 3 aromatic carbocycles. The van der Waals surface area contributed by atoms with Crippen molar-refractivity contribution in [2.24, 2.45) is 7.05 Å². The van der Waals surface area contributed by atoms with Gasteiger partial charge in [0.25, 0.3) is 15.6 Å². The second-order valence-electron chi connectivity index (χ2n) is 13.0. The van der Waals surface area contributed by atoms with Gasteiger partial charge in [-0.3, -0.25) is 9.69 Å². The van der Waals surface area contributed by atoms with Gasteiger partial charge in [0.2, 0.25) is 0 Å². The molecule has 246 valence electrons. The molecule has 1 saturated heterocycles. The summed E-state index contributed by atoms with van der Waals surface area (Å²) in [6.45, 7) is 8.13. The van der Waals surface area contributed by atoms with Crippen LogP contribution in [-0.2, 0) is 17.1 Å². The third-order valence-corrected chi connectivity index (χ3v) is 11.4. The monoisotopic (exact) mass is 660 g/mol. The van der Waals surface area contributed by atoms with Gasteiger partial charge in [0, 0.05) is 54.4 Å². The lowest BCUT2D eigenvalue weighted by Gasteiger charge is -2.38. The molecule has 6 aromatic rings. The van der Waals surface area contributed by atoms with Crippen molar-refractivity contribution in [3.8, 4) is 28.1 Å². The lowest BCUT2D eigenvalue weighted by Crippen LogP contribution is -2.45. The van der Waals surface area contributed by atoms with Crippen molar-refractivity contribution in [1.29, 1.82) is 0 Å². The number of ether oxygens (including phenoxy) is 1. The summed E-state index contributed by atoms with van der Waals surface area (Å²) in [6.07, 6.45) is 6.99. The predicted octanol–water partition coefficient (Wildman–Crippen LogP) is 7.41. The number of aryl methyl sites for hydroxylation is 2. The van der Waals surface area contributed by atoms with E-state index in [2.05, 4.69) is 43.0 Å². The van der Waals surface area contributed by atoms with Gasteiger partial charge >= 0.3 is 0 Å². The zero-order valence-electron chi connectivity index (χ0n) is 27.8. The summed E-state index contributed by atoms with van der Waals surface area (Å²) in [6, 6.07) is 27.8. The second-order valence-corrected chi connectivity index (χ2v) is 14.8. The van der Waals surface area contributed by atoms with Crippen molar-refractivity contribution >= 4 is 31.8 Å². The average molecular weight is 661 g/mol. The van der Waals surface area contributed by atoms with Crippen LogP contribution < -0.4 is 10.3 Å². The molecule has 0 amide bonds. The highest BCUT2D eigenvalue weighted by molar-refractivity contribution is 7.90. The van der Waals surface area contributed by atoms with Crippen LogP contribution in [0.3, 0.4) is 0 Å². The maximum atomic E-state index is 13.6. The Morgan fingerprint density at radius 2 is 1.58 bits per heavy atom. The van der Waals surface area contributed by atoms with Crippen LogP contribution in [0, 0.1) is 6.92 Å². The van der Waals surface area contributed by atoms with E-state index >= 15 is 0 Å². The van der Waals surface area contributed by atoms with Crippen LogP contribution in [0.4, 0.5) is 0 Å². The lowest BCUT2D eigenvalue weighted by atomic mass is 9.98. The molecular weight excluding hydrogens is 621 g/mol. The van der Waals surface area contributed by atoms with E-state index in [0.717, 1.165) is 43.9 Å². The van der Waals surface area contributed by atoms with Gasteiger partial charge in [-0.15, -0.1) is 0 Å². The Kier molecular flexibility index (Phi) is 8.43. The van der Waals surface area contributed by atoms with Crippen LogP contribution in [0.1, 0.15) is 38.7 Å². The van der Waals surface area contributed by atoms with E-state index < -0.39 is 15.6 Å². The summed E-state index contributed by atoms with van der Waals surface area (Å²) in [4.78, 5) is 20.9. The van der Waals surface area contributed by atoms with Gasteiger partial charge in [0.15, 0.2) is 0 Å². The fourth-order valence-corrected chi connectivity index (χ4v) is 8.29. The first-order valence-electron chi connectivity index (χ1n) is 16.5. The number of pyridine rings is 2. The van der Waals surface area contributed by atoms with Gasteiger partial charge in [0.05, 0.1) is 16.1 Å². The number of rotatable bonds is 8. The second kappa shape index (κ2) is 12.7. The fraction of sp³-hybridized carbons (Fsp3) is 0.282. The minimum atomic E-state index is -3.99. The third kappa shape index (κ3) is 5.93. The number of hydrogen-bond acceptors (Lipinski definition) is 6. The van der Waals surface area contributed by atoms with E-state index in [0.29, 0.717) is 35.3 Å². The van der Waals surface area contributed by atoms with Crippen molar-refractivity contribution in [2.45, 2.75) is 57.0 Å². The first kappa shape index (κ1) is 31.8. The number of fused-ring (bicyclic) bond motifs is 2. The van der Waals surface area contributed by atoms with Crippen molar-refractivity contribution < 1.29 is 13.2 Å². The molecule has 48 heavy (non-hydrogen) atoms. The minimum absolute atomic E-state index is 0.0934. The third-order valence-electron chi connectivity index (χ3n) is 9.71. The largest absolute Gasteiger partial charge is 0.492 e. The van der Waals surface area contributed by atoms with E-state index in [1.165, 1.54) is 30.0 Å². The van der Waals surface area contributed by atoms with Crippen LogP contribution in [0.25, 0.3) is 44.2 Å². The van der Waals surface area contributed by atoms with Crippen LogP contribution in [-0.4, -0.2) is 52.1 Å². The van der Waals surface area contributed by atoms with Gasteiger partial charge < -0.3 is 9.30 Å². The molecule has 0 bridgehead atoms. The molecule has 8 nitrogen and oxygen atoms in total. The zero-order valence-corrected chi connectivity index (χ0v) is 28.6. The average Bonchev–Trinajstić information content (AvgIpc) is 3.54. The normalized spacial score (nSPS) is 17.2. The Labute approximate surface area is 281 Å². The highest BCUT2D eigenvalue weighted by atomic mass is 32.2. The number of benzene rings is 3. The summed E-state index contributed by atoms with van der Waals surface area (Å²) in [5.41, 5.74) is 4.92. The molecule has 2 atom stereocenters. The molecule has 0 saturated carbocycles. The molecule has 4 heterocycles. The summed E-state index contributed by atoms with van der Waals surface area (Å²) >= 11 is 0. The predicted molar refractivity (Wildman–Crippen MR) is 192 cm³/mol. The summed E-state index contributed by atoms with van der Waals surface area (Å²) in [5.74, 6) is 0.868. The topological polar surface area (TPSA) is 86.4 Å². The number of hydrogen-bond donors (Lipinski definition) is 0. The molecular formula is C39H40N4O4S. The van der Waals surface area contributed by atoms with Gasteiger partial charge in [-0.25, -0.2) is 17.4 Å². The first-order chi connectivity index (χ1) is 23.1. The maximum absolute atomic E-state index is 13.6. The van der Waals surface area contributed by atoms with Crippen LogP contribution in [0.5, 0.6) is 5.75 Å². The SMILES string of the molecule is Cc1ccc(S(=O)(=O)n2ccc3c(-c4ccc5cc(-c6ccc(OCCN7[C@H](C)CCC[C@@H]7C)cc6)ccc5n4)cn(C)c(=O)c32)cc1. The Balaban J connectivity index is 1.13. The molecule has 7 rings (SSSR count). The molecule has 1 aliphatic rings. The highest BCUT2D eigenvalue weighted by Crippen LogP contribution is 2.32. The summed E-state index contributed by atoms with van der Waals surface area (Å²) in [5, 5.41) is 1.50. The molecule has 0 radical (unpaired) electrons. The fourth-order valence-electron chi connectivity index (χ4n) is 6.94. The molecule has 3 aromatic heterocycles. The number of piperidine rings is 1. The zero-order chi connectivity index (χ0) is 33.6. The Morgan fingerprint density at radius 1 is 0.875 bits per heavy atom. The van der Waals surface area contributed by atoms with Crippen LogP contribution in [0.15, 0.2) is 107 Å². The minimum Gasteiger partial charge on any atom is -0.492 e. The van der Waals surface area contributed by atoms with Crippen molar-refractivity contribution in [3.05, 3.63) is 113 Å². The summed E-state index contributed by atoms with van der Waals surface area (Å²) < 4.78 is 35.8. The molecule has 0 spiro atoms. The van der Waals surface area contributed by atoms with E-state index in [1.54, 1.807) is 43.6 Å². The van der Waals surface area contributed by atoms with E-state index in [9.17, 15) is 13.2 Å². The number of nitrogens with zero attached hydrogens (tertiary/aromatic N) is 4. The Hall–Kier alpha value is -4.73. The van der Waals surface area contributed by atoms with Gasteiger partial charge in [-0.2, -0.15) is 0 Å². The highest BCUT2D eigenvalue weighted by Gasteiger charge is 2.25. The van der Waals surface area contributed by atoms with Crippen molar-refractivity contribution in [3.63, 3.8) is 0 Å². The van der Waals surface area contributed by atoms with E-state index in [1.807, 2.05) is 37.3 Å². The summed E-state index contributed by atoms with van der Waals surface area (Å²) in [7, 11) is -2.36. The molecule has 1 aliphatic heterocycles. The van der Waals surface area contributed by atoms with Gasteiger partial charge in [0.1, 0.15) is 17.9 Å². The maximum Gasteiger partial charge on any atom is 0.275 e. The number of likely N-dealkylation sites (tertiary alicyclic amines) is 1. The quantitative estimate of drug-likeness (QED) is 0.169. The Bertz CT molecular complexity index is 2280. The molecule has 1 fully saturated rings. The number of aromatic nitrogens is 3. The van der Waals surface area contributed by atoms with Crippen molar-refractivity contribution in [1.82, 2.24) is 18.4 Å². The Morgan fingerprint density at radius 3 is 2.31 bits per heavy atom. The van der Waals surface area contributed by atoms with Gasteiger partial charge in [-0.1, -0.05) is 48.4 Å². The van der Waals surface area contributed by atoms with Gasteiger partial charge in [-0.05, 0) is 93.3 Å². The first-order valence-corrected chi connectivity index (χ1v) is 18.0. The van der Waals surface area contributed by atoms with E-state index in [4.69, 9.17) is 9.72 Å². The smallest absolute Gasteiger partial charge is 0.275 e. The molecule has 0 N–H and O–H groups in total.